The number of nitrogens with zero attached hydrogens (tertiary/aromatic N) is 1. The van der Waals surface area contributed by atoms with Crippen LogP contribution in [0.5, 0.6) is 11.5 Å². The molecule has 0 aliphatic heterocycles. The van der Waals surface area contributed by atoms with Crippen molar-refractivity contribution in [2.24, 2.45) is 0 Å². The predicted octanol–water partition coefficient (Wildman–Crippen LogP) is 2.00. The molecule has 1 aromatic heterocycles. The van der Waals surface area contributed by atoms with E-state index in [2.05, 4.69) is 4.98 Å². The number of pyridine rings is 1. The number of hydrogen-bond acceptors (Lipinski definition) is 4. The summed E-state index contributed by atoms with van der Waals surface area (Å²) in [5, 5.41) is 10.1. The van der Waals surface area contributed by atoms with Crippen LogP contribution in [0.25, 0.3) is 10.9 Å². The maximum atomic E-state index is 9.21. The minimum absolute atomic E-state index is 0.269. The Morgan fingerprint density at radius 2 is 2.18 bits per heavy atom. The summed E-state index contributed by atoms with van der Waals surface area (Å²) in [5.74, 6) is 1.48. The summed E-state index contributed by atoms with van der Waals surface area (Å²) < 4.78 is 10.7. The fourth-order valence-electron chi connectivity index (χ4n) is 1.56. The maximum Gasteiger partial charge on any atom is 0.130 e. The predicted molar refractivity (Wildman–Crippen MR) is 65.5 cm³/mol. The molecule has 1 atom stereocenters. The van der Waals surface area contributed by atoms with Crippen LogP contribution in [0.15, 0.2) is 30.5 Å². The van der Waals surface area contributed by atoms with Gasteiger partial charge in [-0.1, -0.05) is 0 Å². The maximum absolute atomic E-state index is 9.21. The van der Waals surface area contributed by atoms with Crippen molar-refractivity contribution in [3.05, 3.63) is 30.5 Å². The molecular formula is C13H15NO3. The van der Waals surface area contributed by atoms with Crippen LogP contribution < -0.4 is 9.47 Å². The molecule has 1 N–H and O–H groups in total. The summed E-state index contributed by atoms with van der Waals surface area (Å²) in [7, 11) is 1.62. The Morgan fingerprint density at radius 1 is 1.35 bits per heavy atom. The Balaban J connectivity index is 2.36. The van der Waals surface area contributed by atoms with Crippen LogP contribution in [0.4, 0.5) is 0 Å². The molecule has 4 nitrogen and oxygen atoms in total. The Labute approximate surface area is 99.8 Å². The third kappa shape index (κ3) is 2.65. The molecule has 1 heterocycles. The van der Waals surface area contributed by atoms with Crippen molar-refractivity contribution in [1.29, 1.82) is 0 Å². The number of fused-ring (bicyclic) bond motifs is 1. The largest absolute Gasteiger partial charge is 0.497 e. The molecule has 17 heavy (non-hydrogen) atoms. The second-order valence-electron chi connectivity index (χ2n) is 3.85. The monoisotopic (exact) mass is 233 g/mol. The zero-order valence-corrected chi connectivity index (χ0v) is 9.88. The molecule has 0 radical (unpaired) electrons. The average molecular weight is 233 g/mol. The first-order valence-corrected chi connectivity index (χ1v) is 5.44. The third-order valence-corrected chi connectivity index (χ3v) is 2.39. The van der Waals surface area contributed by atoms with Gasteiger partial charge in [-0.15, -0.1) is 0 Å². The van der Waals surface area contributed by atoms with Crippen molar-refractivity contribution in [2.75, 3.05) is 13.7 Å². The molecule has 0 spiro atoms. The molecule has 2 aromatic rings. The molecular weight excluding hydrogens is 218 g/mol. The Hall–Kier alpha value is -1.81. The van der Waals surface area contributed by atoms with Gasteiger partial charge in [0, 0.05) is 17.6 Å². The minimum atomic E-state index is -0.489. The molecule has 0 aliphatic carbocycles. The second-order valence-corrected chi connectivity index (χ2v) is 3.85. The number of aliphatic hydroxyl groups is 1. The molecule has 4 heteroatoms. The van der Waals surface area contributed by atoms with Crippen LogP contribution in [0.3, 0.4) is 0 Å². The van der Waals surface area contributed by atoms with Gasteiger partial charge >= 0.3 is 0 Å². The van der Waals surface area contributed by atoms with E-state index in [1.807, 2.05) is 18.2 Å². The van der Waals surface area contributed by atoms with Crippen molar-refractivity contribution >= 4 is 10.9 Å². The lowest BCUT2D eigenvalue weighted by Crippen LogP contribution is -2.12. The highest BCUT2D eigenvalue weighted by molar-refractivity contribution is 5.85. The van der Waals surface area contributed by atoms with Crippen LogP contribution in [-0.2, 0) is 0 Å². The van der Waals surface area contributed by atoms with Gasteiger partial charge in [-0.05, 0) is 25.1 Å². The van der Waals surface area contributed by atoms with E-state index in [0.29, 0.717) is 0 Å². The molecule has 0 amide bonds. The number of aliphatic hydroxyl groups excluding tert-OH is 1. The molecule has 0 bridgehead atoms. The van der Waals surface area contributed by atoms with Gasteiger partial charge in [0.25, 0.3) is 0 Å². The van der Waals surface area contributed by atoms with E-state index < -0.39 is 6.10 Å². The second kappa shape index (κ2) is 5.01. The first-order valence-electron chi connectivity index (χ1n) is 5.44. The first kappa shape index (κ1) is 11.7. The number of rotatable bonds is 4. The van der Waals surface area contributed by atoms with Crippen LogP contribution in [0.1, 0.15) is 6.92 Å². The molecule has 0 fully saturated rings. The Kier molecular flexibility index (Phi) is 3.44. The van der Waals surface area contributed by atoms with Gasteiger partial charge in [-0.25, -0.2) is 0 Å². The van der Waals surface area contributed by atoms with E-state index in [1.54, 1.807) is 26.3 Å². The van der Waals surface area contributed by atoms with Crippen LogP contribution in [-0.4, -0.2) is 29.9 Å². The number of aromatic nitrogens is 1. The molecule has 1 aromatic carbocycles. The quantitative estimate of drug-likeness (QED) is 0.877. The summed E-state index contributed by atoms with van der Waals surface area (Å²) in [6, 6.07) is 7.40. The number of methoxy groups -OCH3 is 1. The van der Waals surface area contributed by atoms with Gasteiger partial charge in [-0.2, -0.15) is 0 Å². The van der Waals surface area contributed by atoms with Gasteiger partial charge in [-0.3, -0.25) is 4.98 Å². The standard InChI is InChI=1S/C13H15NO3/c1-9(15)8-17-13-5-6-14-12-7-10(16-2)3-4-11(12)13/h3-7,9,15H,8H2,1-2H3. The zero-order chi connectivity index (χ0) is 12.3. The molecule has 0 saturated heterocycles. The fraction of sp³-hybridized carbons (Fsp3) is 0.308. The summed E-state index contributed by atoms with van der Waals surface area (Å²) in [5.41, 5.74) is 0.812. The number of hydrogen-bond donors (Lipinski definition) is 1. The smallest absolute Gasteiger partial charge is 0.130 e. The van der Waals surface area contributed by atoms with E-state index in [0.717, 1.165) is 22.4 Å². The van der Waals surface area contributed by atoms with E-state index in [-0.39, 0.29) is 6.61 Å². The average Bonchev–Trinajstić information content (AvgIpc) is 2.35. The van der Waals surface area contributed by atoms with Crippen molar-refractivity contribution in [3.8, 4) is 11.5 Å². The third-order valence-electron chi connectivity index (χ3n) is 2.39. The van der Waals surface area contributed by atoms with Gasteiger partial charge in [0.15, 0.2) is 0 Å². The SMILES string of the molecule is COc1ccc2c(OCC(C)O)ccnc2c1. The zero-order valence-electron chi connectivity index (χ0n) is 9.88. The lowest BCUT2D eigenvalue weighted by molar-refractivity contribution is 0.123. The van der Waals surface area contributed by atoms with Crippen LogP contribution in [0, 0.1) is 0 Å². The highest BCUT2D eigenvalue weighted by Crippen LogP contribution is 2.26. The molecule has 2 rings (SSSR count). The van der Waals surface area contributed by atoms with Gasteiger partial charge in [0.1, 0.15) is 18.1 Å². The van der Waals surface area contributed by atoms with Gasteiger partial charge in [0.2, 0.25) is 0 Å². The van der Waals surface area contributed by atoms with Crippen LogP contribution >= 0.6 is 0 Å². The Bertz CT molecular complexity index is 511. The normalized spacial score (nSPS) is 12.4. The topological polar surface area (TPSA) is 51.6 Å². The van der Waals surface area contributed by atoms with E-state index in [9.17, 15) is 5.11 Å². The van der Waals surface area contributed by atoms with Crippen LogP contribution in [0.2, 0.25) is 0 Å². The minimum Gasteiger partial charge on any atom is -0.497 e. The van der Waals surface area contributed by atoms with E-state index >= 15 is 0 Å². The summed E-state index contributed by atoms with van der Waals surface area (Å²) in [6.45, 7) is 1.96. The molecule has 90 valence electrons. The van der Waals surface area contributed by atoms with E-state index in [1.165, 1.54) is 0 Å². The number of ether oxygens (including phenoxy) is 2. The van der Waals surface area contributed by atoms with Gasteiger partial charge in [0.05, 0.1) is 18.7 Å². The van der Waals surface area contributed by atoms with Crippen molar-refractivity contribution in [3.63, 3.8) is 0 Å². The molecule has 1 unspecified atom stereocenters. The van der Waals surface area contributed by atoms with E-state index in [4.69, 9.17) is 9.47 Å². The van der Waals surface area contributed by atoms with Crippen molar-refractivity contribution < 1.29 is 14.6 Å². The highest BCUT2D eigenvalue weighted by Gasteiger charge is 2.05. The molecule has 0 aliphatic rings. The first-order chi connectivity index (χ1) is 8.20. The lowest BCUT2D eigenvalue weighted by atomic mass is 10.2. The summed E-state index contributed by atoms with van der Waals surface area (Å²) >= 11 is 0. The van der Waals surface area contributed by atoms with Crippen molar-refractivity contribution in [1.82, 2.24) is 4.98 Å². The fourth-order valence-corrected chi connectivity index (χ4v) is 1.56. The highest BCUT2D eigenvalue weighted by atomic mass is 16.5. The Morgan fingerprint density at radius 3 is 2.88 bits per heavy atom. The summed E-state index contributed by atoms with van der Waals surface area (Å²) in [4.78, 5) is 4.26. The lowest BCUT2D eigenvalue weighted by Gasteiger charge is -2.10. The van der Waals surface area contributed by atoms with Crippen molar-refractivity contribution in [2.45, 2.75) is 13.0 Å². The molecule has 0 saturated carbocycles. The number of benzene rings is 1. The summed E-state index contributed by atoms with van der Waals surface area (Å²) in [6.07, 6.45) is 1.19. The van der Waals surface area contributed by atoms with Gasteiger partial charge < -0.3 is 14.6 Å².